The van der Waals surface area contributed by atoms with E-state index in [1.54, 1.807) is 6.20 Å². The molecule has 0 saturated carbocycles. The summed E-state index contributed by atoms with van der Waals surface area (Å²) < 4.78 is 0. The first-order valence-corrected chi connectivity index (χ1v) is 4.87. The molecule has 1 aromatic carbocycles. The Morgan fingerprint density at radius 1 is 1.06 bits per heavy atom. The van der Waals surface area contributed by atoms with Gasteiger partial charge in [-0.05, 0) is 11.6 Å². The predicted octanol–water partition coefficient (Wildman–Crippen LogP) is 1.33. The topological polar surface area (TPSA) is 77.3 Å². The molecule has 2 rings (SSSR count). The molecule has 0 spiro atoms. The summed E-state index contributed by atoms with van der Waals surface area (Å²) in [5, 5.41) is 3.48. The van der Waals surface area contributed by atoms with E-state index in [2.05, 4.69) is 10.1 Å². The first kappa shape index (κ1) is 10.2. The molecule has 0 atom stereocenters. The lowest BCUT2D eigenvalue weighted by Gasteiger charge is -2.06. The van der Waals surface area contributed by atoms with E-state index in [1.807, 2.05) is 42.5 Å². The Morgan fingerprint density at radius 3 is 2.50 bits per heavy atom. The standard InChI is InChI=1S/C12H12N4/c13-12(16-14)11-10(7-4-8-15-11)9-5-2-1-3-6-9/h1-8H,14H2,(H2,13,16). The number of nitrogens with two attached hydrogens (primary N) is 2. The van der Waals surface area contributed by atoms with E-state index < -0.39 is 0 Å². The summed E-state index contributed by atoms with van der Waals surface area (Å²) in [5.74, 6) is 5.41. The van der Waals surface area contributed by atoms with Gasteiger partial charge in [0.2, 0.25) is 0 Å². The van der Waals surface area contributed by atoms with Gasteiger partial charge in [-0.1, -0.05) is 36.4 Å². The maximum Gasteiger partial charge on any atom is 0.169 e. The van der Waals surface area contributed by atoms with E-state index in [0.29, 0.717) is 5.69 Å². The van der Waals surface area contributed by atoms with E-state index >= 15 is 0 Å². The van der Waals surface area contributed by atoms with Gasteiger partial charge >= 0.3 is 0 Å². The van der Waals surface area contributed by atoms with Crippen molar-refractivity contribution in [3.05, 3.63) is 54.4 Å². The Kier molecular flexibility index (Phi) is 2.82. The maximum absolute atomic E-state index is 5.69. The fraction of sp³-hybridized carbons (Fsp3) is 0. The molecule has 80 valence electrons. The molecule has 0 fully saturated rings. The Hall–Kier alpha value is -2.36. The van der Waals surface area contributed by atoms with Crippen LogP contribution in [0.3, 0.4) is 0 Å². The molecule has 0 radical (unpaired) electrons. The first-order valence-electron chi connectivity index (χ1n) is 4.87. The molecular weight excluding hydrogens is 200 g/mol. The van der Waals surface area contributed by atoms with Crippen LogP contribution in [0.2, 0.25) is 0 Å². The van der Waals surface area contributed by atoms with Crippen LogP contribution in [-0.2, 0) is 0 Å². The van der Waals surface area contributed by atoms with Gasteiger partial charge < -0.3 is 11.6 Å². The molecule has 0 aliphatic heterocycles. The quantitative estimate of drug-likeness (QED) is 0.341. The van der Waals surface area contributed by atoms with E-state index in [0.717, 1.165) is 11.1 Å². The van der Waals surface area contributed by atoms with Crippen LogP contribution >= 0.6 is 0 Å². The molecule has 4 N–H and O–H groups in total. The Labute approximate surface area is 93.6 Å². The molecule has 0 saturated heterocycles. The smallest absolute Gasteiger partial charge is 0.169 e. The maximum atomic E-state index is 5.69. The molecule has 4 nitrogen and oxygen atoms in total. The molecule has 4 heteroatoms. The number of hydrogen-bond donors (Lipinski definition) is 2. The Bertz CT molecular complexity index is 505. The fourth-order valence-corrected chi connectivity index (χ4v) is 1.52. The number of benzene rings is 1. The lowest BCUT2D eigenvalue weighted by molar-refractivity contribution is 1.19. The predicted molar refractivity (Wildman–Crippen MR) is 64.6 cm³/mol. The summed E-state index contributed by atoms with van der Waals surface area (Å²) in [6, 6.07) is 13.7. The molecule has 0 aliphatic rings. The average molecular weight is 212 g/mol. The number of aromatic nitrogens is 1. The van der Waals surface area contributed by atoms with Crippen LogP contribution in [0.15, 0.2) is 53.8 Å². The van der Waals surface area contributed by atoms with Gasteiger partial charge in [0.1, 0.15) is 5.69 Å². The van der Waals surface area contributed by atoms with E-state index in [4.69, 9.17) is 11.6 Å². The largest absolute Gasteiger partial charge is 0.380 e. The van der Waals surface area contributed by atoms with Crippen molar-refractivity contribution in [2.75, 3.05) is 0 Å². The molecule has 16 heavy (non-hydrogen) atoms. The monoisotopic (exact) mass is 212 g/mol. The minimum absolute atomic E-state index is 0.236. The van der Waals surface area contributed by atoms with Crippen LogP contribution in [0.1, 0.15) is 5.69 Å². The summed E-state index contributed by atoms with van der Waals surface area (Å²) in [6.45, 7) is 0. The van der Waals surface area contributed by atoms with Crippen molar-refractivity contribution in [2.45, 2.75) is 0 Å². The summed E-state index contributed by atoms with van der Waals surface area (Å²) in [7, 11) is 0. The van der Waals surface area contributed by atoms with Crippen LogP contribution in [0.25, 0.3) is 11.1 Å². The minimum atomic E-state index is 0.236. The van der Waals surface area contributed by atoms with Gasteiger partial charge in [-0.3, -0.25) is 4.98 Å². The highest BCUT2D eigenvalue weighted by molar-refractivity contribution is 6.01. The molecule has 1 aromatic heterocycles. The number of hydrogen-bond acceptors (Lipinski definition) is 3. The van der Waals surface area contributed by atoms with Crippen molar-refractivity contribution in [1.29, 1.82) is 0 Å². The summed E-state index contributed by atoms with van der Waals surface area (Å²) in [5.41, 5.74) is 8.27. The van der Waals surface area contributed by atoms with Crippen molar-refractivity contribution < 1.29 is 0 Å². The van der Waals surface area contributed by atoms with Crippen LogP contribution in [-0.4, -0.2) is 10.8 Å². The zero-order valence-electron chi connectivity index (χ0n) is 8.67. The molecule has 0 aliphatic carbocycles. The highest BCUT2D eigenvalue weighted by atomic mass is 15.2. The highest BCUT2D eigenvalue weighted by Crippen LogP contribution is 2.21. The van der Waals surface area contributed by atoms with Crippen molar-refractivity contribution in [1.82, 2.24) is 4.98 Å². The first-order chi connectivity index (χ1) is 7.83. The molecule has 2 aromatic rings. The third-order valence-corrected chi connectivity index (χ3v) is 2.27. The van der Waals surface area contributed by atoms with Crippen molar-refractivity contribution in [3.8, 4) is 11.1 Å². The second-order valence-electron chi connectivity index (χ2n) is 3.28. The Morgan fingerprint density at radius 2 is 1.81 bits per heavy atom. The Balaban J connectivity index is 2.58. The second-order valence-corrected chi connectivity index (χ2v) is 3.28. The lowest BCUT2D eigenvalue weighted by Crippen LogP contribution is -2.18. The third kappa shape index (κ3) is 1.86. The normalized spacial score (nSPS) is 11.4. The van der Waals surface area contributed by atoms with Crippen molar-refractivity contribution >= 4 is 5.84 Å². The molecule has 0 bridgehead atoms. The van der Waals surface area contributed by atoms with Crippen LogP contribution in [0.5, 0.6) is 0 Å². The zero-order valence-corrected chi connectivity index (χ0v) is 8.67. The summed E-state index contributed by atoms with van der Waals surface area (Å²) >= 11 is 0. The van der Waals surface area contributed by atoms with Gasteiger partial charge in [0, 0.05) is 11.8 Å². The van der Waals surface area contributed by atoms with E-state index in [-0.39, 0.29) is 5.84 Å². The zero-order chi connectivity index (χ0) is 11.4. The molecule has 0 amide bonds. The van der Waals surface area contributed by atoms with Gasteiger partial charge in [0.05, 0.1) is 0 Å². The highest BCUT2D eigenvalue weighted by Gasteiger charge is 2.08. The minimum Gasteiger partial charge on any atom is -0.380 e. The number of amidine groups is 1. The van der Waals surface area contributed by atoms with Crippen molar-refractivity contribution in [3.63, 3.8) is 0 Å². The number of rotatable bonds is 2. The average Bonchev–Trinajstić information content (AvgIpc) is 2.39. The number of pyridine rings is 1. The van der Waals surface area contributed by atoms with Crippen LogP contribution in [0.4, 0.5) is 0 Å². The van der Waals surface area contributed by atoms with Gasteiger partial charge in [0.25, 0.3) is 0 Å². The second kappa shape index (κ2) is 4.44. The molecule has 0 unspecified atom stereocenters. The van der Waals surface area contributed by atoms with Crippen molar-refractivity contribution in [2.24, 2.45) is 16.7 Å². The fourth-order valence-electron chi connectivity index (χ4n) is 1.52. The summed E-state index contributed by atoms with van der Waals surface area (Å²) in [4.78, 5) is 4.19. The van der Waals surface area contributed by atoms with Gasteiger partial charge in [-0.2, -0.15) is 5.10 Å². The van der Waals surface area contributed by atoms with E-state index in [9.17, 15) is 0 Å². The van der Waals surface area contributed by atoms with Gasteiger partial charge in [-0.15, -0.1) is 0 Å². The third-order valence-electron chi connectivity index (χ3n) is 2.27. The number of hydrazone groups is 1. The summed E-state index contributed by atoms with van der Waals surface area (Å²) in [6.07, 6.45) is 1.67. The van der Waals surface area contributed by atoms with Crippen LogP contribution in [0, 0.1) is 0 Å². The lowest BCUT2D eigenvalue weighted by atomic mass is 10.0. The molecular formula is C12H12N4. The van der Waals surface area contributed by atoms with Gasteiger partial charge in [-0.25, -0.2) is 0 Å². The van der Waals surface area contributed by atoms with Gasteiger partial charge in [0.15, 0.2) is 5.84 Å². The van der Waals surface area contributed by atoms with E-state index in [1.165, 1.54) is 0 Å². The SMILES string of the molecule is NN=C(N)c1ncccc1-c1ccccc1. The number of nitrogens with zero attached hydrogens (tertiary/aromatic N) is 2. The van der Waals surface area contributed by atoms with Crippen LogP contribution < -0.4 is 11.6 Å². The molecule has 1 heterocycles.